The molecule has 0 aliphatic rings. The second-order valence-electron chi connectivity index (χ2n) is 4.60. The Bertz CT molecular complexity index is 461. The van der Waals surface area contributed by atoms with Gasteiger partial charge in [0, 0.05) is 10.6 Å². The number of ether oxygens (including phenoxy) is 2. The van der Waals surface area contributed by atoms with E-state index in [1.54, 1.807) is 14.0 Å². The minimum atomic E-state index is -0.226. The number of hydrogen-bond acceptors (Lipinski definition) is 4. The monoisotopic (exact) mass is 313 g/mol. The van der Waals surface area contributed by atoms with Crippen molar-refractivity contribution >= 4 is 17.6 Å². The number of esters is 1. The van der Waals surface area contributed by atoms with Crippen LogP contribution in [0.15, 0.2) is 18.2 Å². The largest absolute Gasteiger partial charge is 0.496 e. The van der Waals surface area contributed by atoms with Gasteiger partial charge in [-0.3, -0.25) is 9.69 Å². The lowest BCUT2D eigenvalue weighted by Crippen LogP contribution is -2.31. The zero-order valence-corrected chi connectivity index (χ0v) is 13.9. The van der Waals surface area contributed by atoms with Gasteiger partial charge in [0.2, 0.25) is 0 Å². The van der Waals surface area contributed by atoms with Gasteiger partial charge in [-0.2, -0.15) is 0 Å². The third-order valence-electron chi connectivity index (χ3n) is 3.48. The summed E-state index contributed by atoms with van der Waals surface area (Å²) in [4.78, 5) is 14.1. The summed E-state index contributed by atoms with van der Waals surface area (Å²) in [6, 6.07) is 5.38. The van der Waals surface area contributed by atoms with Gasteiger partial charge in [0.25, 0.3) is 0 Å². The van der Waals surface area contributed by atoms with Gasteiger partial charge < -0.3 is 9.47 Å². The van der Waals surface area contributed by atoms with E-state index in [1.807, 2.05) is 18.2 Å². The topological polar surface area (TPSA) is 38.8 Å². The molecular weight excluding hydrogens is 290 g/mol. The van der Waals surface area contributed by atoms with Crippen LogP contribution >= 0.6 is 11.6 Å². The van der Waals surface area contributed by atoms with E-state index in [9.17, 15) is 4.79 Å². The number of carbonyl (C=O) groups is 1. The lowest BCUT2D eigenvalue weighted by Gasteiger charge is -2.31. The van der Waals surface area contributed by atoms with Gasteiger partial charge in [0.15, 0.2) is 0 Å². The van der Waals surface area contributed by atoms with E-state index in [0.717, 1.165) is 18.7 Å². The maximum Gasteiger partial charge on any atom is 0.307 e. The maximum absolute atomic E-state index is 11.9. The molecule has 0 aliphatic carbocycles. The number of rotatable bonds is 8. The first-order valence-electron chi connectivity index (χ1n) is 7.30. The van der Waals surface area contributed by atoms with Gasteiger partial charge in [-0.1, -0.05) is 31.5 Å². The highest BCUT2D eigenvalue weighted by Gasteiger charge is 2.27. The Balaban J connectivity index is 3.20. The maximum atomic E-state index is 11.9. The van der Waals surface area contributed by atoms with E-state index < -0.39 is 0 Å². The Morgan fingerprint density at radius 3 is 2.48 bits per heavy atom. The molecule has 5 heteroatoms. The number of carbonyl (C=O) groups excluding carboxylic acids is 1. The number of methoxy groups -OCH3 is 1. The SMILES string of the molecule is CCOC(=O)CC(c1c(Cl)cccc1OC)N(CC)CC. The van der Waals surface area contributed by atoms with Crippen LogP contribution in [0.3, 0.4) is 0 Å². The van der Waals surface area contributed by atoms with Crippen molar-refractivity contribution in [2.24, 2.45) is 0 Å². The summed E-state index contributed by atoms with van der Waals surface area (Å²) in [6.07, 6.45) is 0.260. The van der Waals surface area contributed by atoms with Gasteiger partial charge in [-0.15, -0.1) is 0 Å². The summed E-state index contributed by atoms with van der Waals surface area (Å²) in [6.45, 7) is 7.93. The van der Waals surface area contributed by atoms with E-state index in [-0.39, 0.29) is 18.4 Å². The molecule has 1 unspecified atom stereocenters. The Morgan fingerprint density at radius 2 is 1.95 bits per heavy atom. The summed E-state index contributed by atoms with van der Waals surface area (Å²) in [7, 11) is 1.61. The molecule has 1 atom stereocenters. The van der Waals surface area contributed by atoms with E-state index in [2.05, 4.69) is 18.7 Å². The van der Waals surface area contributed by atoms with Crippen LogP contribution in [-0.4, -0.2) is 37.7 Å². The van der Waals surface area contributed by atoms with Crippen LogP contribution in [0.25, 0.3) is 0 Å². The molecule has 21 heavy (non-hydrogen) atoms. The second-order valence-corrected chi connectivity index (χ2v) is 5.01. The molecule has 1 rings (SSSR count). The molecule has 0 bridgehead atoms. The standard InChI is InChI=1S/C16H24ClNO3/c1-5-18(6-2)13(11-15(19)21-7-3)16-12(17)9-8-10-14(16)20-4/h8-10,13H,5-7,11H2,1-4H3. The average molecular weight is 314 g/mol. The van der Waals surface area contributed by atoms with Gasteiger partial charge in [-0.25, -0.2) is 0 Å². The Kier molecular flexibility index (Phi) is 7.54. The lowest BCUT2D eigenvalue weighted by atomic mass is 10.0. The normalized spacial score (nSPS) is 12.3. The summed E-state index contributed by atoms with van der Waals surface area (Å²) < 4.78 is 10.5. The molecule has 0 heterocycles. The molecule has 0 N–H and O–H groups in total. The highest BCUT2D eigenvalue weighted by Crippen LogP contribution is 2.37. The molecule has 0 saturated heterocycles. The van der Waals surface area contributed by atoms with Crippen molar-refractivity contribution in [3.63, 3.8) is 0 Å². The van der Waals surface area contributed by atoms with Gasteiger partial charge in [-0.05, 0) is 32.1 Å². The zero-order valence-electron chi connectivity index (χ0n) is 13.2. The molecule has 0 aliphatic heterocycles. The summed E-state index contributed by atoms with van der Waals surface area (Å²) in [5.41, 5.74) is 0.846. The summed E-state index contributed by atoms with van der Waals surface area (Å²) >= 11 is 6.36. The first-order valence-corrected chi connectivity index (χ1v) is 7.68. The van der Waals surface area contributed by atoms with Crippen molar-refractivity contribution in [1.29, 1.82) is 0 Å². The predicted molar refractivity (Wildman–Crippen MR) is 84.9 cm³/mol. The highest BCUT2D eigenvalue weighted by atomic mass is 35.5. The molecule has 0 saturated carbocycles. The minimum Gasteiger partial charge on any atom is -0.496 e. The van der Waals surface area contributed by atoms with Gasteiger partial charge in [0.05, 0.1) is 26.2 Å². The zero-order chi connectivity index (χ0) is 15.8. The van der Waals surface area contributed by atoms with Gasteiger partial charge in [0.1, 0.15) is 5.75 Å². The average Bonchev–Trinajstić information content (AvgIpc) is 2.47. The number of hydrogen-bond donors (Lipinski definition) is 0. The fraction of sp³-hybridized carbons (Fsp3) is 0.562. The third-order valence-corrected chi connectivity index (χ3v) is 3.81. The van der Waals surface area contributed by atoms with Crippen LogP contribution in [0.5, 0.6) is 5.75 Å². The van der Waals surface area contributed by atoms with Crippen LogP contribution in [0.4, 0.5) is 0 Å². The van der Waals surface area contributed by atoms with Crippen molar-refractivity contribution in [3.8, 4) is 5.75 Å². The van der Waals surface area contributed by atoms with Crippen molar-refractivity contribution in [2.75, 3.05) is 26.8 Å². The quantitative estimate of drug-likeness (QED) is 0.686. The van der Waals surface area contributed by atoms with E-state index in [0.29, 0.717) is 17.4 Å². The Hall–Kier alpha value is -1.26. The molecule has 118 valence electrons. The molecule has 0 aromatic heterocycles. The first-order chi connectivity index (χ1) is 10.1. The highest BCUT2D eigenvalue weighted by molar-refractivity contribution is 6.31. The first kappa shape index (κ1) is 17.8. The minimum absolute atomic E-state index is 0.150. The van der Waals surface area contributed by atoms with Crippen molar-refractivity contribution < 1.29 is 14.3 Å². The van der Waals surface area contributed by atoms with E-state index >= 15 is 0 Å². The molecule has 0 fully saturated rings. The van der Waals surface area contributed by atoms with Crippen LogP contribution in [0, 0.1) is 0 Å². The van der Waals surface area contributed by atoms with Crippen LogP contribution in [0.1, 0.15) is 38.8 Å². The number of nitrogens with zero attached hydrogens (tertiary/aromatic N) is 1. The Morgan fingerprint density at radius 1 is 1.29 bits per heavy atom. The fourth-order valence-electron chi connectivity index (χ4n) is 2.47. The number of halogens is 1. The smallest absolute Gasteiger partial charge is 0.307 e. The molecule has 0 radical (unpaired) electrons. The number of benzene rings is 1. The molecule has 4 nitrogen and oxygen atoms in total. The Labute approximate surface area is 132 Å². The summed E-state index contributed by atoms with van der Waals surface area (Å²) in [5, 5.41) is 0.607. The molecule has 0 amide bonds. The lowest BCUT2D eigenvalue weighted by molar-refractivity contribution is -0.144. The van der Waals surface area contributed by atoms with E-state index in [4.69, 9.17) is 21.1 Å². The predicted octanol–water partition coefficient (Wildman–Crippen LogP) is 3.68. The van der Waals surface area contributed by atoms with Crippen molar-refractivity contribution in [3.05, 3.63) is 28.8 Å². The third kappa shape index (κ3) is 4.61. The van der Waals surface area contributed by atoms with Crippen molar-refractivity contribution in [1.82, 2.24) is 4.90 Å². The molecular formula is C16H24ClNO3. The van der Waals surface area contributed by atoms with Gasteiger partial charge >= 0.3 is 5.97 Å². The van der Waals surface area contributed by atoms with Crippen molar-refractivity contribution in [2.45, 2.75) is 33.2 Å². The molecule has 1 aromatic carbocycles. The van der Waals surface area contributed by atoms with Crippen LogP contribution in [0.2, 0.25) is 5.02 Å². The van der Waals surface area contributed by atoms with Crippen LogP contribution < -0.4 is 4.74 Å². The fourth-order valence-corrected chi connectivity index (χ4v) is 2.77. The van der Waals surface area contributed by atoms with E-state index in [1.165, 1.54) is 0 Å². The summed E-state index contributed by atoms with van der Waals surface area (Å²) in [5.74, 6) is 0.472. The molecule has 0 spiro atoms. The second kappa shape index (κ2) is 8.90. The molecule has 1 aromatic rings. The van der Waals surface area contributed by atoms with Crippen LogP contribution in [-0.2, 0) is 9.53 Å².